The summed E-state index contributed by atoms with van der Waals surface area (Å²) in [5.74, 6) is 2.85. The summed E-state index contributed by atoms with van der Waals surface area (Å²) < 4.78 is 38.8. The summed E-state index contributed by atoms with van der Waals surface area (Å²) in [4.78, 5) is 4.43. The first-order valence-corrected chi connectivity index (χ1v) is 11.3. The molecular weight excluding hydrogens is 463 g/mol. The number of hydrogen-bond acceptors (Lipinski definition) is 7. The zero-order chi connectivity index (χ0) is 24.8. The molecule has 1 N–H and O–H groups in total. The summed E-state index contributed by atoms with van der Waals surface area (Å²) in [6, 6.07) is 17.4. The van der Waals surface area contributed by atoms with Gasteiger partial charge in [0.15, 0.2) is 11.5 Å². The molecule has 3 heterocycles. The van der Waals surface area contributed by atoms with E-state index in [9.17, 15) is 4.39 Å². The van der Waals surface area contributed by atoms with E-state index in [-0.39, 0.29) is 5.82 Å². The van der Waals surface area contributed by atoms with Crippen LogP contribution in [0.25, 0.3) is 5.70 Å². The van der Waals surface area contributed by atoms with Crippen molar-refractivity contribution in [3.05, 3.63) is 95.1 Å². The largest absolute Gasteiger partial charge is 0.497 e. The second-order valence-electron chi connectivity index (χ2n) is 8.41. The molecule has 0 spiro atoms. The summed E-state index contributed by atoms with van der Waals surface area (Å²) >= 11 is 0. The van der Waals surface area contributed by atoms with Gasteiger partial charge in [-0.05, 0) is 48.0 Å². The van der Waals surface area contributed by atoms with Gasteiger partial charge in [0.1, 0.15) is 35.8 Å². The Hall–Kier alpha value is -4.53. The lowest BCUT2D eigenvalue weighted by Gasteiger charge is -2.39. The Morgan fingerprint density at radius 2 is 1.67 bits per heavy atom. The molecule has 2 atom stereocenters. The first kappa shape index (κ1) is 22.0. The van der Waals surface area contributed by atoms with Crippen LogP contribution in [0.4, 0.5) is 10.3 Å². The molecular formula is C27H23FN4O4. The number of fused-ring (bicyclic) bond motifs is 3. The van der Waals surface area contributed by atoms with Gasteiger partial charge in [-0.2, -0.15) is 10.1 Å². The summed E-state index contributed by atoms with van der Waals surface area (Å²) in [5.41, 5.74) is 4.27. The summed E-state index contributed by atoms with van der Waals surface area (Å²) in [6.07, 6.45) is 0.983. The van der Waals surface area contributed by atoms with E-state index in [1.54, 1.807) is 38.1 Å². The molecule has 0 unspecified atom stereocenters. The Balaban J connectivity index is 1.61. The van der Waals surface area contributed by atoms with E-state index in [4.69, 9.17) is 18.9 Å². The molecule has 4 aromatic rings. The maximum atomic E-state index is 13.9. The number of anilines is 1. The van der Waals surface area contributed by atoms with Gasteiger partial charge in [-0.3, -0.25) is 0 Å². The highest BCUT2D eigenvalue weighted by Gasteiger charge is 2.41. The smallest absolute Gasteiger partial charge is 0.226 e. The third-order valence-electron chi connectivity index (χ3n) is 6.52. The molecule has 8 nitrogen and oxygen atoms in total. The van der Waals surface area contributed by atoms with Crippen LogP contribution in [0.1, 0.15) is 28.8 Å². The number of benzene rings is 3. The summed E-state index contributed by atoms with van der Waals surface area (Å²) in [7, 11) is 4.82. The van der Waals surface area contributed by atoms with Crippen LogP contribution in [0, 0.1) is 5.82 Å². The van der Waals surface area contributed by atoms with E-state index >= 15 is 0 Å². The second-order valence-corrected chi connectivity index (χ2v) is 8.41. The van der Waals surface area contributed by atoms with E-state index in [1.807, 2.05) is 36.4 Å². The van der Waals surface area contributed by atoms with Crippen molar-refractivity contribution in [2.45, 2.75) is 12.1 Å². The molecule has 2 aliphatic heterocycles. The fraction of sp³-hybridized carbons (Fsp3) is 0.185. The Bertz CT molecular complexity index is 1480. The first-order valence-electron chi connectivity index (χ1n) is 11.3. The van der Waals surface area contributed by atoms with Crippen molar-refractivity contribution in [2.75, 3.05) is 26.6 Å². The van der Waals surface area contributed by atoms with Gasteiger partial charge in [0.2, 0.25) is 5.95 Å². The SMILES string of the molecule is COc1ccc2c(c1)C1=C([C@H](c3ccc(OC)c(OC)c3)O2)[C@@H](c2ccc(F)cc2)n2ncnc2N1. The molecule has 0 radical (unpaired) electrons. The minimum absolute atomic E-state index is 0.313. The Morgan fingerprint density at radius 3 is 2.42 bits per heavy atom. The average molecular weight is 487 g/mol. The van der Waals surface area contributed by atoms with Gasteiger partial charge in [0.05, 0.1) is 27.0 Å². The van der Waals surface area contributed by atoms with Crippen LogP contribution in [0.15, 0.2) is 72.6 Å². The Kier molecular flexibility index (Phi) is 5.25. The molecule has 3 aromatic carbocycles. The van der Waals surface area contributed by atoms with Crippen LogP contribution in [0.5, 0.6) is 23.0 Å². The fourth-order valence-corrected chi connectivity index (χ4v) is 4.83. The number of aromatic nitrogens is 3. The number of methoxy groups -OCH3 is 3. The maximum Gasteiger partial charge on any atom is 0.226 e. The molecule has 182 valence electrons. The monoisotopic (exact) mass is 486 g/mol. The first-order chi connectivity index (χ1) is 17.6. The van der Waals surface area contributed by atoms with Gasteiger partial charge in [0.25, 0.3) is 0 Å². The highest BCUT2D eigenvalue weighted by Crippen LogP contribution is 2.51. The lowest BCUT2D eigenvalue weighted by Crippen LogP contribution is -2.32. The van der Waals surface area contributed by atoms with E-state index < -0.39 is 12.1 Å². The molecule has 0 amide bonds. The standard InChI is InChI=1S/C27H23FN4O4/c1-33-18-9-11-20-19(13-18)24-23(26(36-20)16-6-10-21(34-2)22(12-16)35-3)25(15-4-7-17(28)8-5-15)32-27(31-24)29-14-30-32/h4-14,25-26H,1-3H3,(H,29,30,31)/t25-,26+/m1/s1. The van der Waals surface area contributed by atoms with E-state index in [1.165, 1.54) is 18.5 Å². The van der Waals surface area contributed by atoms with Crippen LogP contribution in [0.3, 0.4) is 0 Å². The lowest BCUT2D eigenvalue weighted by molar-refractivity contribution is 0.222. The number of ether oxygens (including phenoxy) is 4. The summed E-state index contributed by atoms with van der Waals surface area (Å²) in [6.45, 7) is 0. The maximum absolute atomic E-state index is 13.9. The molecule has 9 heteroatoms. The minimum Gasteiger partial charge on any atom is -0.497 e. The van der Waals surface area contributed by atoms with Gasteiger partial charge < -0.3 is 24.3 Å². The molecule has 0 fully saturated rings. The molecule has 0 aliphatic carbocycles. The molecule has 0 bridgehead atoms. The average Bonchev–Trinajstić information content (AvgIpc) is 3.39. The van der Waals surface area contributed by atoms with Crippen molar-refractivity contribution in [1.29, 1.82) is 0 Å². The van der Waals surface area contributed by atoms with Crippen LogP contribution in [-0.2, 0) is 0 Å². The molecule has 2 aliphatic rings. The van der Waals surface area contributed by atoms with Crippen molar-refractivity contribution in [3.8, 4) is 23.0 Å². The molecule has 36 heavy (non-hydrogen) atoms. The topological polar surface area (TPSA) is 79.7 Å². The quantitative estimate of drug-likeness (QED) is 0.425. The van der Waals surface area contributed by atoms with Crippen LogP contribution < -0.4 is 24.3 Å². The predicted molar refractivity (Wildman–Crippen MR) is 131 cm³/mol. The normalized spacial score (nSPS) is 17.8. The van der Waals surface area contributed by atoms with E-state index in [0.29, 0.717) is 28.9 Å². The van der Waals surface area contributed by atoms with Gasteiger partial charge in [-0.1, -0.05) is 18.2 Å². The zero-order valence-corrected chi connectivity index (χ0v) is 19.9. The number of rotatable bonds is 5. The second kappa shape index (κ2) is 8.60. The van der Waals surface area contributed by atoms with Crippen molar-refractivity contribution in [2.24, 2.45) is 0 Å². The molecule has 0 saturated heterocycles. The highest BCUT2D eigenvalue weighted by atomic mass is 19.1. The highest BCUT2D eigenvalue weighted by molar-refractivity contribution is 5.85. The van der Waals surface area contributed by atoms with Gasteiger partial charge in [-0.25, -0.2) is 9.07 Å². The number of hydrogen-bond donors (Lipinski definition) is 1. The third-order valence-corrected chi connectivity index (χ3v) is 6.52. The van der Waals surface area contributed by atoms with Crippen molar-refractivity contribution in [3.63, 3.8) is 0 Å². The van der Waals surface area contributed by atoms with E-state index in [2.05, 4.69) is 15.4 Å². The van der Waals surface area contributed by atoms with Gasteiger partial charge in [0, 0.05) is 16.7 Å². The van der Waals surface area contributed by atoms with Gasteiger partial charge in [-0.15, -0.1) is 0 Å². The van der Waals surface area contributed by atoms with Crippen LogP contribution in [-0.4, -0.2) is 36.1 Å². The number of halogens is 1. The molecule has 0 saturated carbocycles. The Morgan fingerprint density at radius 1 is 0.889 bits per heavy atom. The van der Waals surface area contributed by atoms with E-state index in [0.717, 1.165) is 28.0 Å². The van der Waals surface area contributed by atoms with Crippen LogP contribution >= 0.6 is 0 Å². The summed E-state index contributed by atoms with van der Waals surface area (Å²) in [5, 5.41) is 7.95. The number of nitrogens with zero attached hydrogens (tertiary/aromatic N) is 3. The Labute approximate surface area is 206 Å². The molecule has 1 aromatic heterocycles. The van der Waals surface area contributed by atoms with Crippen molar-refractivity contribution >= 4 is 11.6 Å². The van der Waals surface area contributed by atoms with Crippen LogP contribution in [0.2, 0.25) is 0 Å². The third kappa shape index (κ3) is 3.43. The minimum atomic E-state index is -0.513. The number of nitrogens with one attached hydrogen (secondary N) is 1. The van der Waals surface area contributed by atoms with Gasteiger partial charge >= 0.3 is 0 Å². The van der Waals surface area contributed by atoms with Crippen molar-refractivity contribution < 1.29 is 23.3 Å². The molecule has 6 rings (SSSR count). The fourth-order valence-electron chi connectivity index (χ4n) is 4.83. The predicted octanol–water partition coefficient (Wildman–Crippen LogP) is 5.00. The lowest BCUT2D eigenvalue weighted by atomic mass is 9.84. The zero-order valence-electron chi connectivity index (χ0n) is 19.9. The van der Waals surface area contributed by atoms with Crippen molar-refractivity contribution in [1.82, 2.24) is 14.8 Å².